The number of ether oxygens (including phenoxy) is 1. The highest BCUT2D eigenvalue weighted by atomic mass is 32.1. The maximum Gasteiger partial charge on any atom is 0.261 e. The van der Waals surface area contributed by atoms with Crippen molar-refractivity contribution in [3.8, 4) is 11.5 Å². The molecule has 0 aromatic carbocycles. The van der Waals surface area contributed by atoms with Gasteiger partial charge in [0.25, 0.3) is 5.89 Å². The Hall–Kier alpha value is -1.40. The van der Waals surface area contributed by atoms with Gasteiger partial charge in [0, 0.05) is 7.11 Å². The molecule has 2 aromatic rings. The molecule has 0 aliphatic rings. The molecule has 0 saturated heterocycles. The van der Waals surface area contributed by atoms with Gasteiger partial charge in [-0.1, -0.05) is 5.16 Å². The van der Waals surface area contributed by atoms with Crippen LogP contribution in [0.1, 0.15) is 18.9 Å². The number of hydrogen-bond donors (Lipinski definition) is 1. The lowest BCUT2D eigenvalue weighted by molar-refractivity contribution is 0.109. The molecule has 2 rings (SSSR count). The summed E-state index contributed by atoms with van der Waals surface area (Å²) >= 11 is 1.44. The Morgan fingerprint density at radius 2 is 2.40 bits per heavy atom. The number of thiophene rings is 1. The Morgan fingerprint density at radius 3 is 3.00 bits per heavy atom. The van der Waals surface area contributed by atoms with Gasteiger partial charge in [-0.25, -0.2) is 0 Å². The number of rotatable bonds is 3. The van der Waals surface area contributed by atoms with Gasteiger partial charge in [0.2, 0.25) is 5.82 Å². The Labute approximate surface area is 90.9 Å². The van der Waals surface area contributed by atoms with Crippen LogP contribution in [-0.4, -0.2) is 17.3 Å². The number of nitrogen functional groups attached to an aromatic ring is 1. The molecule has 0 amide bonds. The average Bonchev–Trinajstić information content (AvgIpc) is 2.84. The standard InChI is InChI=1S/C9H11N3O2S/c1-5(13-2)8-11-9(14-12-8)6-3-4-15-7(6)10/h3-5H,10H2,1-2H3. The molecule has 1 unspecified atom stereocenters. The third-order valence-corrected chi connectivity index (χ3v) is 2.83. The van der Waals surface area contributed by atoms with Crippen molar-refractivity contribution in [3.63, 3.8) is 0 Å². The first-order chi connectivity index (χ1) is 7.22. The predicted octanol–water partition coefficient (Wildman–Crippen LogP) is 2.09. The van der Waals surface area contributed by atoms with Gasteiger partial charge in [-0.3, -0.25) is 0 Å². The van der Waals surface area contributed by atoms with Crippen molar-refractivity contribution in [2.75, 3.05) is 12.8 Å². The van der Waals surface area contributed by atoms with Crippen molar-refractivity contribution >= 4 is 16.3 Å². The molecule has 0 aliphatic heterocycles. The maximum atomic E-state index is 5.75. The summed E-state index contributed by atoms with van der Waals surface area (Å²) in [4.78, 5) is 4.21. The van der Waals surface area contributed by atoms with Crippen molar-refractivity contribution < 1.29 is 9.26 Å². The van der Waals surface area contributed by atoms with E-state index in [1.807, 2.05) is 18.4 Å². The second kappa shape index (κ2) is 4.00. The Balaban J connectivity index is 2.32. The zero-order chi connectivity index (χ0) is 10.8. The Kier molecular flexibility index (Phi) is 2.70. The fourth-order valence-corrected chi connectivity index (χ4v) is 1.75. The summed E-state index contributed by atoms with van der Waals surface area (Å²) in [5, 5.41) is 6.38. The maximum absolute atomic E-state index is 5.75. The highest BCUT2D eigenvalue weighted by Crippen LogP contribution is 2.29. The zero-order valence-electron chi connectivity index (χ0n) is 8.43. The number of aromatic nitrogens is 2. The van der Waals surface area contributed by atoms with E-state index < -0.39 is 0 Å². The van der Waals surface area contributed by atoms with Gasteiger partial charge in [-0.15, -0.1) is 11.3 Å². The lowest BCUT2D eigenvalue weighted by atomic mass is 10.3. The molecule has 2 aromatic heterocycles. The van der Waals surface area contributed by atoms with Gasteiger partial charge in [0.15, 0.2) is 0 Å². The second-order valence-electron chi connectivity index (χ2n) is 3.03. The van der Waals surface area contributed by atoms with Crippen LogP contribution in [0, 0.1) is 0 Å². The number of nitrogens with zero attached hydrogens (tertiary/aromatic N) is 2. The molecule has 0 fully saturated rings. The number of nitrogens with two attached hydrogens (primary N) is 1. The minimum atomic E-state index is -0.178. The van der Waals surface area contributed by atoms with Crippen LogP contribution in [0.15, 0.2) is 16.0 Å². The van der Waals surface area contributed by atoms with Gasteiger partial charge in [-0.2, -0.15) is 4.98 Å². The van der Waals surface area contributed by atoms with Crippen molar-refractivity contribution in [1.29, 1.82) is 0 Å². The lowest BCUT2D eigenvalue weighted by Crippen LogP contribution is -1.97. The molecule has 15 heavy (non-hydrogen) atoms. The first-order valence-electron chi connectivity index (χ1n) is 4.42. The van der Waals surface area contributed by atoms with Crippen LogP contribution in [0.4, 0.5) is 5.00 Å². The molecular formula is C9H11N3O2S. The first kappa shape index (κ1) is 10.1. The Bertz CT molecular complexity index is 452. The third-order valence-electron chi connectivity index (χ3n) is 2.08. The molecule has 5 nitrogen and oxygen atoms in total. The fourth-order valence-electron chi connectivity index (χ4n) is 1.11. The van der Waals surface area contributed by atoms with Crippen LogP contribution in [0.2, 0.25) is 0 Å². The van der Waals surface area contributed by atoms with E-state index in [4.69, 9.17) is 15.0 Å². The van der Waals surface area contributed by atoms with E-state index in [0.717, 1.165) is 5.56 Å². The molecule has 0 bridgehead atoms. The molecule has 2 N–H and O–H groups in total. The Morgan fingerprint density at radius 1 is 1.60 bits per heavy atom. The minimum Gasteiger partial charge on any atom is -0.390 e. The topological polar surface area (TPSA) is 74.2 Å². The molecular weight excluding hydrogens is 214 g/mol. The van der Waals surface area contributed by atoms with E-state index in [2.05, 4.69) is 10.1 Å². The van der Waals surface area contributed by atoms with Crippen molar-refractivity contribution in [1.82, 2.24) is 10.1 Å². The zero-order valence-corrected chi connectivity index (χ0v) is 9.25. The normalized spacial score (nSPS) is 12.9. The third kappa shape index (κ3) is 1.86. The summed E-state index contributed by atoms with van der Waals surface area (Å²) < 4.78 is 10.2. The number of anilines is 1. The van der Waals surface area contributed by atoms with Crippen LogP contribution < -0.4 is 5.73 Å². The lowest BCUT2D eigenvalue weighted by Gasteiger charge is -2.00. The largest absolute Gasteiger partial charge is 0.390 e. The van der Waals surface area contributed by atoms with Gasteiger partial charge >= 0.3 is 0 Å². The predicted molar refractivity (Wildman–Crippen MR) is 57.4 cm³/mol. The molecule has 0 saturated carbocycles. The van der Waals surface area contributed by atoms with Crippen LogP contribution in [-0.2, 0) is 4.74 Å². The van der Waals surface area contributed by atoms with E-state index in [0.29, 0.717) is 16.7 Å². The molecule has 2 heterocycles. The van der Waals surface area contributed by atoms with E-state index in [1.54, 1.807) is 7.11 Å². The second-order valence-corrected chi connectivity index (χ2v) is 3.98. The van der Waals surface area contributed by atoms with Crippen LogP contribution in [0.3, 0.4) is 0 Å². The molecule has 1 atom stereocenters. The first-order valence-corrected chi connectivity index (χ1v) is 5.30. The molecule has 0 aliphatic carbocycles. The van der Waals surface area contributed by atoms with Crippen LogP contribution >= 0.6 is 11.3 Å². The van der Waals surface area contributed by atoms with Crippen molar-refractivity contribution in [2.24, 2.45) is 0 Å². The number of methoxy groups -OCH3 is 1. The van der Waals surface area contributed by atoms with E-state index in [1.165, 1.54) is 11.3 Å². The summed E-state index contributed by atoms with van der Waals surface area (Å²) in [6, 6.07) is 1.86. The smallest absolute Gasteiger partial charge is 0.261 e. The van der Waals surface area contributed by atoms with Gasteiger partial charge in [0.05, 0.1) is 10.6 Å². The monoisotopic (exact) mass is 225 g/mol. The summed E-state index contributed by atoms with van der Waals surface area (Å²) in [5.74, 6) is 0.964. The van der Waals surface area contributed by atoms with Crippen molar-refractivity contribution in [3.05, 3.63) is 17.3 Å². The fraction of sp³-hybridized carbons (Fsp3) is 0.333. The average molecular weight is 225 g/mol. The quantitative estimate of drug-likeness (QED) is 0.865. The van der Waals surface area contributed by atoms with Gasteiger partial charge < -0.3 is 15.0 Å². The van der Waals surface area contributed by atoms with Gasteiger partial charge in [0.1, 0.15) is 6.10 Å². The van der Waals surface area contributed by atoms with E-state index >= 15 is 0 Å². The molecule has 0 radical (unpaired) electrons. The summed E-state index contributed by atoms with van der Waals surface area (Å²) in [6.45, 7) is 1.85. The highest BCUT2D eigenvalue weighted by Gasteiger charge is 2.16. The summed E-state index contributed by atoms with van der Waals surface area (Å²) in [6.07, 6.45) is -0.178. The molecule has 6 heteroatoms. The number of hydrogen-bond acceptors (Lipinski definition) is 6. The van der Waals surface area contributed by atoms with Crippen LogP contribution in [0.5, 0.6) is 0 Å². The molecule has 80 valence electrons. The van der Waals surface area contributed by atoms with Crippen molar-refractivity contribution in [2.45, 2.75) is 13.0 Å². The molecule has 0 spiro atoms. The van der Waals surface area contributed by atoms with Gasteiger partial charge in [-0.05, 0) is 18.4 Å². The highest BCUT2D eigenvalue weighted by molar-refractivity contribution is 7.14. The minimum absolute atomic E-state index is 0.178. The summed E-state index contributed by atoms with van der Waals surface area (Å²) in [7, 11) is 1.60. The van der Waals surface area contributed by atoms with E-state index in [9.17, 15) is 0 Å². The van der Waals surface area contributed by atoms with E-state index in [-0.39, 0.29) is 6.10 Å². The SMILES string of the molecule is COC(C)c1noc(-c2ccsc2N)n1. The summed E-state index contributed by atoms with van der Waals surface area (Å²) in [5.41, 5.74) is 6.53. The van der Waals surface area contributed by atoms with Crippen LogP contribution in [0.25, 0.3) is 11.5 Å².